The summed E-state index contributed by atoms with van der Waals surface area (Å²) in [5, 5.41) is 11.0. The largest absolute Gasteiger partial charge is 0.449 e. The highest BCUT2D eigenvalue weighted by molar-refractivity contribution is 6.18. The van der Waals surface area contributed by atoms with Crippen molar-refractivity contribution < 1.29 is 19.1 Å². The first-order valence-electron chi connectivity index (χ1n) is 15.0. The number of nitrogens with one attached hydrogen (secondary N) is 3. The second-order valence-electron chi connectivity index (χ2n) is 10.4. The summed E-state index contributed by atoms with van der Waals surface area (Å²) in [5.74, 6) is 0.958. The number of carbonyl (C=O) groups excluding carboxylic acids is 2. The Balaban J connectivity index is 1.36. The zero-order chi connectivity index (χ0) is 32.3. The first-order chi connectivity index (χ1) is 22.5. The molecule has 1 heterocycles. The highest BCUT2D eigenvalue weighted by Gasteiger charge is 2.13. The lowest BCUT2D eigenvalue weighted by molar-refractivity contribution is 0.155. The fraction of sp³-hybridized carbons (Fsp3) is 0.229. The number of hydrogen-bond donors (Lipinski definition) is 3. The van der Waals surface area contributed by atoms with Gasteiger partial charge in [0.25, 0.3) is 0 Å². The number of ether oxygens (including phenoxy) is 2. The van der Waals surface area contributed by atoms with Crippen molar-refractivity contribution in [2.24, 2.45) is 0 Å². The first kappa shape index (κ1) is 32.7. The number of amides is 2. The summed E-state index contributed by atoms with van der Waals surface area (Å²) in [7, 11) is 0. The molecule has 11 heteroatoms. The summed E-state index contributed by atoms with van der Waals surface area (Å²) < 4.78 is 10.8. The number of anilines is 5. The van der Waals surface area contributed by atoms with E-state index >= 15 is 0 Å². The molecule has 0 aliphatic rings. The van der Waals surface area contributed by atoms with Crippen LogP contribution in [0.2, 0.25) is 0 Å². The molecule has 5 rings (SSSR count). The van der Waals surface area contributed by atoms with Gasteiger partial charge in [-0.2, -0.15) is 0 Å². The average Bonchev–Trinajstić information content (AvgIpc) is 3.06. The second-order valence-corrected chi connectivity index (χ2v) is 11.2. The molecule has 5 aromatic rings. The summed E-state index contributed by atoms with van der Waals surface area (Å²) in [6, 6.07) is 28.6. The van der Waals surface area contributed by atoms with E-state index in [1.807, 2.05) is 73.7 Å². The number of fused-ring (bicyclic) bond motifs is 2. The number of nitrogens with zero attached hydrogens (tertiary/aromatic N) is 2. The van der Waals surface area contributed by atoms with Crippen molar-refractivity contribution in [2.45, 2.75) is 20.0 Å². The minimum absolute atomic E-state index is 0.0464. The van der Waals surface area contributed by atoms with Gasteiger partial charge < -0.3 is 19.7 Å². The number of rotatable bonds is 13. The Kier molecular flexibility index (Phi) is 11.4. The SMILES string of the molecule is CCCOC(=O)Nc1cc(COC(=O)Nc2ccc(N(CCCl)CCCl)cc2)cc(Nc2c3ccccc3nc3ccccc23)c1. The lowest BCUT2D eigenvalue weighted by Crippen LogP contribution is -2.27. The Morgan fingerprint density at radius 3 is 1.96 bits per heavy atom. The highest BCUT2D eigenvalue weighted by Crippen LogP contribution is 2.34. The third-order valence-electron chi connectivity index (χ3n) is 7.09. The summed E-state index contributed by atoms with van der Waals surface area (Å²) in [4.78, 5) is 32.1. The Bertz CT molecular complexity index is 1740. The van der Waals surface area contributed by atoms with E-state index in [0.717, 1.165) is 33.2 Å². The van der Waals surface area contributed by atoms with Gasteiger partial charge >= 0.3 is 12.2 Å². The van der Waals surface area contributed by atoms with E-state index in [2.05, 4.69) is 20.9 Å². The predicted molar refractivity (Wildman–Crippen MR) is 188 cm³/mol. The molecule has 0 radical (unpaired) electrons. The molecule has 0 spiro atoms. The summed E-state index contributed by atoms with van der Waals surface area (Å²) in [6.07, 6.45) is -0.484. The molecule has 0 bridgehead atoms. The van der Waals surface area contributed by atoms with Crippen molar-refractivity contribution in [2.75, 3.05) is 52.3 Å². The van der Waals surface area contributed by atoms with E-state index in [9.17, 15) is 9.59 Å². The van der Waals surface area contributed by atoms with Gasteiger partial charge in [-0.15, -0.1) is 23.2 Å². The summed E-state index contributed by atoms with van der Waals surface area (Å²) >= 11 is 11.9. The summed E-state index contributed by atoms with van der Waals surface area (Å²) in [6.45, 7) is 3.51. The third-order valence-corrected chi connectivity index (χ3v) is 7.43. The second kappa shape index (κ2) is 16.0. The number of alkyl halides is 2. The van der Waals surface area contributed by atoms with Crippen molar-refractivity contribution in [1.29, 1.82) is 0 Å². The third kappa shape index (κ3) is 8.50. The molecule has 9 nitrogen and oxygen atoms in total. The molecule has 1 aromatic heterocycles. The standard InChI is InChI=1S/C35H35Cl2N5O4/c1-2-19-45-34(43)40-27-21-24(23-46-35(44)39-25-11-13-28(14-12-25)42(17-15-36)18-16-37)20-26(22-27)38-33-29-7-3-5-9-31(29)41-32-10-6-4-8-30(32)33/h3-14,20-22H,2,15-19,23H2,1H3,(H,38,41)(H,39,44)(H,40,43). The molecule has 0 atom stereocenters. The van der Waals surface area contributed by atoms with Gasteiger partial charge in [0.15, 0.2) is 0 Å². The van der Waals surface area contributed by atoms with Crippen LogP contribution in [0.25, 0.3) is 21.8 Å². The number of para-hydroxylation sites is 2. The van der Waals surface area contributed by atoms with Crippen molar-refractivity contribution in [1.82, 2.24) is 4.98 Å². The van der Waals surface area contributed by atoms with Crippen molar-refractivity contribution >= 4 is 85.6 Å². The number of hydrogen-bond acceptors (Lipinski definition) is 7. The van der Waals surface area contributed by atoms with Gasteiger partial charge in [0.1, 0.15) is 6.61 Å². The maximum Gasteiger partial charge on any atom is 0.411 e. The van der Waals surface area contributed by atoms with E-state index in [0.29, 0.717) is 60.5 Å². The van der Waals surface area contributed by atoms with Gasteiger partial charge in [-0.25, -0.2) is 14.6 Å². The van der Waals surface area contributed by atoms with E-state index < -0.39 is 12.2 Å². The molecule has 0 saturated carbocycles. The van der Waals surface area contributed by atoms with Gasteiger partial charge in [0.05, 0.1) is 23.3 Å². The zero-order valence-corrected chi connectivity index (χ0v) is 26.9. The van der Waals surface area contributed by atoms with Gasteiger partial charge in [0, 0.05) is 58.4 Å². The molecule has 238 valence electrons. The van der Waals surface area contributed by atoms with E-state index in [4.69, 9.17) is 37.7 Å². The predicted octanol–water partition coefficient (Wildman–Crippen LogP) is 9.12. The highest BCUT2D eigenvalue weighted by atomic mass is 35.5. The van der Waals surface area contributed by atoms with Gasteiger partial charge in [-0.1, -0.05) is 43.3 Å². The fourth-order valence-electron chi connectivity index (χ4n) is 5.02. The maximum absolute atomic E-state index is 12.8. The van der Waals surface area contributed by atoms with E-state index in [1.54, 1.807) is 24.3 Å². The molecular weight excluding hydrogens is 625 g/mol. The zero-order valence-electron chi connectivity index (χ0n) is 25.4. The Labute approximate surface area is 277 Å². The van der Waals surface area contributed by atoms with Crippen LogP contribution in [0.1, 0.15) is 18.9 Å². The van der Waals surface area contributed by atoms with Crippen LogP contribution in [0.15, 0.2) is 91.0 Å². The minimum atomic E-state index is -0.618. The van der Waals surface area contributed by atoms with Crippen LogP contribution >= 0.6 is 23.2 Å². The molecule has 0 unspecified atom stereocenters. The number of pyridine rings is 1. The molecule has 46 heavy (non-hydrogen) atoms. The van der Waals surface area contributed by atoms with Crippen molar-refractivity contribution in [3.8, 4) is 0 Å². The molecular formula is C35H35Cl2N5O4. The van der Waals surface area contributed by atoms with Crippen LogP contribution in [0.3, 0.4) is 0 Å². The average molecular weight is 661 g/mol. The normalized spacial score (nSPS) is 10.8. The molecule has 0 saturated heterocycles. The molecule has 4 aromatic carbocycles. The smallest absolute Gasteiger partial charge is 0.411 e. The maximum atomic E-state index is 12.8. The van der Waals surface area contributed by atoms with Crippen LogP contribution in [-0.4, -0.2) is 48.6 Å². The molecule has 0 aliphatic carbocycles. The topological polar surface area (TPSA) is 105 Å². The number of aromatic nitrogens is 1. The monoisotopic (exact) mass is 659 g/mol. The lowest BCUT2D eigenvalue weighted by atomic mass is 10.1. The number of halogens is 2. The molecule has 2 amide bonds. The first-order valence-corrected chi connectivity index (χ1v) is 16.1. The number of carbonyl (C=O) groups is 2. The number of benzene rings is 4. The van der Waals surface area contributed by atoms with Gasteiger partial charge in [0.2, 0.25) is 0 Å². The van der Waals surface area contributed by atoms with Crippen molar-refractivity contribution in [3.63, 3.8) is 0 Å². The Morgan fingerprint density at radius 2 is 1.33 bits per heavy atom. The van der Waals surface area contributed by atoms with Crippen LogP contribution in [0.5, 0.6) is 0 Å². The molecule has 0 fully saturated rings. The Morgan fingerprint density at radius 1 is 0.739 bits per heavy atom. The summed E-state index contributed by atoms with van der Waals surface area (Å²) in [5.41, 5.74) is 5.93. The minimum Gasteiger partial charge on any atom is -0.449 e. The van der Waals surface area contributed by atoms with Gasteiger partial charge in [-0.05, 0) is 66.6 Å². The van der Waals surface area contributed by atoms with E-state index in [1.165, 1.54) is 0 Å². The lowest BCUT2D eigenvalue weighted by Gasteiger charge is -2.23. The van der Waals surface area contributed by atoms with Crippen LogP contribution in [-0.2, 0) is 16.1 Å². The fourth-order valence-corrected chi connectivity index (χ4v) is 5.43. The Hall–Kier alpha value is -4.73. The van der Waals surface area contributed by atoms with Gasteiger partial charge in [-0.3, -0.25) is 10.6 Å². The van der Waals surface area contributed by atoms with Crippen molar-refractivity contribution in [3.05, 3.63) is 96.6 Å². The van der Waals surface area contributed by atoms with Crippen LogP contribution < -0.4 is 20.9 Å². The molecule has 3 N–H and O–H groups in total. The van der Waals surface area contributed by atoms with Crippen LogP contribution in [0, 0.1) is 0 Å². The quantitative estimate of drug-likeness (QED) is 0.0855. The van der Waals surface area contributed by atoms with E-state index in [-0.39, 0.29) is 6.61 Å². The van der Waals surface area contributed by atoms with Crippen LogP contribution in [0.4, 0.5) is 38.0 Å². The molecule has 0 aliphatic heterocycles.